The van der Waals surface area contributed by atoms with Gasteiger partial charge in [0.15, 0.2) is 0 Å². The largest absolute Gasteiger partial charge is 0.390 e. The Morgan fingerprint density at radius 3 is 2.47 bits per heavy atom. The van der Waals surface area contributed by atoms with Gasteiger partial charge in [-0.1, -0.05) is 44.4 Å². The molecule has 2 N–H and O–H groups in total. The Kier molecular flexibility index (Phi) is 9.54. The van der Waals surface area contributed by atoms with E-state index in [1.54, 1.807) is 6.08 Å². The highest BCUT2D eigenvalue weighted by atomic mass is 16.3. The van der Waals surface area contributed by atoms with Crippen LogP contribution in [0.15, 0.2) is 24.8 Å². The molecule has 0 saturated heterocycles. The van der Waals surface area contributed by atoms with Crippen LogP contribution in [0, 0.1) is 0 Å². The summed E-state index contributed by atoms with van der Waals surface area (Å²) in [6.07, 6.45) is 9.76. The van der Waals surface area contributed by atoms with E-state index in [0.29, 0.717) is 12.8 Å². The van der Waals surface area contributed by atoms with Crippen molar-refractivity contribution in [1.82, 2.24) is 0 Å². The molecule has 0 aromatic carbocycles. The van der Waals surface area contributed by atoms with Crippen LogP contribution in [-0.2, 0) is 0 Å². The SMILES string of the molecule is C=CCC=CCC(O)C(O)CCCCC. The lowest BCUT2D eigenvalue weighted by Gasteiger charge is -2.15. The third-order valence-electron chi connectivity index (χ3n) is 2.39. The Hall–Kier alpha value is -0.600. The van der Waals surface area contributed by atoms with Crippen LogP contribution in [0.4, 0.5) is 0 Å². The third kappa shape index (κ3) is 8.40. The molecule has 0 spiro atoms. The zero-order valence-corrected chi connectivity index (χ0v) is 9.73. The molecule has 0 radical (unpaired) electrons. The molecule has 0 aliphatic carbocycles. The molecule has 0 aliphatic heterocycles. The van der Waals surface area contributed by atoms with Crippen LogP contribution in [0.25, 0.3) is 0 Å². The molecule has 0 saturated carbocycles. The van der Waals surface area contributed by atoms with E-state index in [4.69, 9.17) is 0 Å². The van der Waals surface area contributed by atoms with E-state index in [1.165, 1.54) is 0 Å². The molecule has 0 aromatic rings. The van der Waals surface area contributed by atoms with Gasteiger partial charge < -0.3 is 10.2 Å². The van der Waals surface area contributed by atoms with Crippen LogP contribution in [0.2, 0.25) is 0 Å². The topological polar surface area (TPSA) is 40.5 Å². The maximum atomic E-state index is 9.60. The number of aliphatic hydroxyl groups is 2. The molecule has 2 unspecified atom stereocenters. The fraction of sp³-hybridized carbons (Fsp3) is 0.692. The highest BCUT2D eigenvalue weighted by Crippen LogP contribution is 2.09. The molecule has 88 valence electrons. The van der Waals surface area contributed by atoms with Crippen molar-refractivity contribution in [3.8, 4) is 0 Å². The van der Waals surface area contributed by atoms with Crippen molar-refractivity contribution in [3.63, 3.8) is 0 Å². The van der Waals surface area contributed by atoms with Crippen molar-refractivity contribution in [2.24, 2.45) is 0 Å². The van der Waals surface area contributed by atoms with Crippen LogP contribution in [-0.4, -0.2) is 22.4 Å². The number of rotatable bonds is 9. The number of aliphatic hydroxyl groups excluding tert-OH is 2. The van der Waals surface area contributed by atoms with Crippen LogP contribution in [0.1, 0.15) is 45.4 Å². The minimum absolute atomic E-state index is 0.529. The lowest BCUT2D eigenvalue weighted by Crippen LogP contribution is -2.25. The van der Waals surface area contributed by atoms with Gasteiger partial charge in [0, 0.05) is 0 Å². The average Bonchev–Trinajstić information content (AvgIpc) is 2.24. The fourth-order valence-corrected chi connectivity index (χ4v) is 1.38. The van der Waals surface area contributed by atoms with E-state index in [-0.39, 0.29) is 0 Å². The third-order valence-corrected chi connectivity index (χ3v) is 2.39. The van der Waals surface area contributed by atoms with Gasteiger partial charge in [0.1, 0.15) is 0 Å². The Labute approximate surface area is 93.3 Å². The van der Waals surface area contributed by atoms with Crippen molar-refractivity contribution < 1.29 is 10.2 Å². The van der Waals surface area contributed by atoms with Crippen molar-refractivity contribution in [2.75, 3.05) is 0 Å². The lowest BCUT2D eigenvalue weighted by molar-refractivity contribution is 0.0153. The first-order valence-electron chi connectivity index (χ1n) is 5.84. The van der Waals surface area contributed by atoms with Crippen LogP contribution in [0.3, 0.4) is 0 Å². The van der Waals surface area contributed by atoms with Crippen molar-refractivity contribution >= 4 is 0 Å². The van der Waals surface area contributed by atoms with Gasteiger partial charge in [-0.2, -0.15) is 0 Å². The molecule has 0 rings (SSSR count). The molecule has 0 heterocycles. The zero-order chi connectivity index (χ0) is 11.5. The van der Waals surface area contributed by atoms with Crippen LogP contribution in [0.5, 0.6) is 0 Å². The van der Waals surface area contributed by atoms with E-state index >= 15 is 0 Å². The predicted molar refractivity (Wildman–Crippen MR) is 64.7 cm³/mol. The average molecular weight is 212 g/mol. The molecule has 0 fully saturated rings. The van der Waals surface area contributed by atoms with Gasteiger partial charge in [0.25, 0.3) is 0 Å². The second kappa shape index (κ2) is 9.94. The first-order chi connectivity index (χ1) is 7.22. The zero-order valence-electron chi connectivity index (χ0n) is 9.73. The molecular weight excluding hydrogens is 188 g/mol. The predicted octanol–water partition coefficient (Wildman–Crippen LogP) is 2.81. The summed E-state index contributed by atoms with van der Waals surface area (Å²) < 4.78 is 0. The highest BCUT2D eigenvalue weighted by molar-refractivity contribution is 4.90. The van der Waals surface area contributed by atoms with Gasteiger partial charge in [0.2, 0.25) is 0 Å². The molecule has 2 heteroatoms. The Morgan fingerprint density at radius 2 is 1.87 bits per heavy atom. The molecule has 0 aromatic heterocycles. The van der Waals surface area contributed by atoms with Gasteiger partial charge in [-0.25, -0.2) is 0 Å². The number of unbranched alkanes of at least 4 members (excludes halogenated alkanes) is 2. The van der Waals surface area contributed by atoms with E-state index in [2.05, 4.69) is 13.5 Å². The molecular formula is C13H24O2. The molecule has 0 amide bonds. The fourth-order valence-electron chi connectivity index (χ4n) is 1.38. The molecule has 2 nitrogen and oxygen atoms in total. The summed E-state index contributed by atoms with van der Waals surface area (Å²) in [6, 6.07) is 0. The van der Waals surface area contributed by atoms with Crippen LogP contribution >= 0.6 is 0 Å². The second-order valence-corrected chi connectivity index (χ2v) is 3.86. The summed E-state index contributed by atoms with van der Waals surface area (Å²) in [5.41, 5.74) is 0. The first-order valence-corrected chi connectivity index (χ1v) is 5.84. The van der Waals surface area contributed by atoms with E-state index in [0.717, 1.165) is 25.7 Å². The van der Waals surface area contributed by atoms with Crippen molar-refractivity contribution in [3.05, 3.63) is 24.8 Å². The van der Waals surface area contributed by atoms with Gasteiger partial charge in [-0.05, 0) is 19.3 Å². The van der Waals surface area contributed by atoms with E-state index in [9.17, 15) is 10.2 Å². The minimum Gasteiger partial charge on any atom is -0.390 e. The Bertz CT molecular complexity index is 175. The maximum Gasteiger partial charge on any atom is 0.0833 e. The lowest BCUT2D eigenvalue weighted by atomic mass is 10.0. The van der Waals surface area contributed by atoms with Crippen molar-refractivity contribution in [2.45, 2.75) is 57.7 Å². The van der Waals surface area contributed by atoms with Crippen LogP contribution < -0.4 is 0 Å². The Balaban J connectivity index is 3.58. The maximum absolute atomic E-state index is 9.60. The number of allylic oxidation sites excluding steroid dienone is 2. The van der Waals surface area contributed by atoms with Gasteiger partial charge in [-0.15, -0.1) is 6.58 Å². The monoisotopic (exact) mass is 212 g/mol. The summed E-state index contributed by atoms with van der Waals surface area (Å²) in [7, 11) is 0. The quantitative estimate of drug-likeness (QED) is 0.456. The standard InChI is InChI=1S/C13H24O2/c1-3-5-7-9-11-13(15)12(14)10-8-6-4-2/h3,7,9,12-15H,1,4-6,8,10-11H2,2H3. The summed E-state index contributed by atoms with van der Waals surface area (Å²) >= 11 is 0. The second-order valence-electron chi connectivity index (χ2n) is 3.86. The van der Waals surface area contributed by atoms with E-state index < -0.39 is 12.2 Å². The van der Waals surface area contributed by atoms with Crippen molar-refractivity contribution in [1.29, 1.82) is 0 Å². The van der Waals surface area contributed by atoms with E-state index in [1.807, 2.05) is 12.2 Å². The smallest absolute Gasteiger partial charge is 0.0833 e. The Morgan fingerprint density at radius 1 is 1.13 bits per heavy atom. The molecule has 15 heavy (non-hydrogen) atoms. The van der Waals surface area contributed by atoms with Gasteiger partial charge in [-0.3, -0.25) is 0 Å². The summed E-state index contributed by atoms with van der Waals surface area (Å²) in [4.78, 5) is 0. The summed E-state index contributed by atoms with van der Waals surface area (Å²) in [6.45, 7) is 5.73. The van der Waals surface area contributed by atoms with Gasteiger partial charge >= 0.3 is 0 Å². The number of hydrogen-bond acceptors (Lipinski definition) is 2. The summed E-state index contributed by atoms with van der Waals surface area (Å²) in [5.74, 6) is 0. The van der Waals surface area contributed by atoms with Gasteiger partial charge in [0.05, 0.1) is 12.2 Å². The normalized spacial score (nSPS) is 15.4. The minimum atomic E-state index is -0.622. The molecule has 2 atom stereocenters. The first kappa shape index (κ1) is 14.4. The summed E-state index contributed by atoms with van der Waals surface area (Å²) in [5, 5.41) is 19.2. The highest BCUT2D eigenvalue weighted by Gasteiger charge is 2.13. The number of hydrogen-bond donors (Lipinski definition) is 2. The molecule has 0 bridgehead atoms. The molecule has 0 aliphatic rings.